The molecule has 0 amide bonds. The van der Waals surface area contributed by atoms with Crippen molar-refractivity contribution in [3.63, 3.8) is 0 Å². The van der Waals surface area contributed by atoms with Crippen LogP contribution in [0.4, 0.5) is 20.5 Å². The molecular formula is C20H19F2N5O3. The number of fused-ring (bicyclic) bond motifs is 1. The van der Waals surface area contributed by atoms with Crippen LogP contribution >= 0.6 is 0 Å². The maximum Gasteiger partial charge on any atom is 0.220 e. The van der Waals surface area contributed by atoms with Crippen LogP contribution in [0.15, 0.2) is 18.3 Å². The number of hydrogen-bond acceptors (Lipinski definition) is 8. The van der Waals surface area contributed by atoms with Crippen LogP contribution in [0, 0.1) is 11.6 Å². The molecule has 2 aromatic heterocycles. The summed E-state index contributed by atoms with van der Waals surface area (Å²) < 4.78 is 45.9. The smallest absolute Gasteiger partial charge is 0.220 e. The normalized spacial score (nSPS) is 17.0. The Morgan fingerprint density at radius 1 is 1.10 bits per heavy atom. The highest BCUT2D eigenvalue weighted by molar-refractivity contribution is 5.92. The van der Waals surface area contributed by atoms with E-state index in [1.54, 1.807) is 0 Å². The highest BCUT2D eigenvalue weighted by Gasteiger charge is 2.50. The monoisotopic (exact) mass is 415 g/mol. The van der Waals surface area contributed by atoms with Crippen molar-refractivity contribution in [3.8, 4) is 22.8 Å². The van der Waals surface area contributed by atoms with E-state index in [0.29, 0.717) is 29.8 Å². The third kappa shape index (κ3) is 2.71. The van der Waals surface area contributed by atoms with E-state index in [1.165, 1.54) is 26.5 Å². The standard InChI is InChI=1S/C20H19F2N5O3/c1-28-12-6-13(29-2)16(22)14(15(12)21)11-5-10-7-24-19(23)26-17(10)18(25-11)27-8-20(9-27)3-4-30-20/h5-7H,3-4,8-9H2,1-2H3,(H2,23,24,26). The largest absolute Gasteiger partial charge is 0.494 e. The van der Waals surface area contributed by atoms with E-state index in [1.807, 2.05) is 4.90 Å². The number of aromatic nitrogens is 3. The Hall–Kier alpha value is -3.27. The molecule has 2 aliphatic heterocycles. The number of rotatable bonds is 4. The van der Waals surface area contributed by atoms with Crippen LogP contribution in [0.2, 0.25) is 0 Å². The summed E-state index contributed by atoms with van der Waals surface area (Å²) in [6.07, 6.45) is 2.48. The quantitative estimate of drug-likeness (QED) is 0.695. The molecule has 30 heavy (non-hydrogen) atoms. The number of ether oxygens (including phenoxy) is 3. The first kappa shape index (κ1) is 18.7. The van der Waals surface area contributed by atoms with Crippen LogP contribution in [0.5, 0.6) is 11.5 Å². The Balaban J connectivity index is 1.70. The SMILES string of the molecule is COc1cc(OC)c(F)c(-c2cc3cnc(N)nc3c(N3CC4(CCO4)C3)n2)c1F. The van der Waals surface area contributed by atoms with Crippen molar-refractivity contribution in [1.82, 2.24) is 15.0 Å². The van der Waals surface area contributed by atoms with Crippen LogP contribution < -0.4 is 20.1 Å². The van der Waals surface area contributed by atoms with E-state index in [9.17, 15) is 0 Å². The first-order valence-electron chi connectivity index (χ1n) is 9.37. The van der Waals surface area contributed by atoms with Gasteiger partial charge in [-0.05, 0) is 6.07 Å². The van der Waals surface area contributed by atoms with Crippen molar-refractivity contribution in [2.75, 3.05) is 44.5 Å². The lowest BCUT2D eigenvalue weighted by atomic mass is 9.86. The number of benzene rings is 1. The molecule has 2 N–H and O–H groups in total. The number of halogens is 2. The molecule has 0 unspecified atom stereocenters. The second kappa shape index (κ2) is 6.63. The highest BCUT2D eigenvalue weighted by Crippen LogP contribution is 2.42. The number of nitrogens with two attached hydrogens (primary N) is 1. The Labute approximate surface area is 170 Å². The van der Waals surface area contributed by atoms with Gasteiger partial charge < -0.3 is 24.8 Å². The molecular weight excluding hydrogens is 396 g/mol. The van der Waals surface area contributed by atoms with Gasteiger partial charge in [0.15, 0.2) is 29.0 Å². The third-order valence-electron chi connectivity index (χ3n) is 5.62. The van der Waals surface area contributed by atoms with Gasteiger partial charge in [-0.15, -0.1) is 0 Å². The van der Waals surface area contributed by atoms with Gasteiger partial charge >= 0.3 is 0 Å². The predicted octanol–water partition coefficient (Wildman–Crippen LogP) is 2.55. The fourth-order valence-electron chi connectivity index (χ4n) is 3.93. The highest BCUT2D eigenvalue weighted by atomic mass is 19.1. The fraction of sp³-hybridized carbons (Fsp3) is 0.350. The van der Waals surface area contributed by atoms with Crippen molar-refractivity contribution < 1.29 is 23.0 Å². The van der Waals surface area contributed by atoms with Crippen molar-refractivity contribution in [3.05, 3.63) is 30.0 Å². The van der Waals surface area contributed by atoms with E-state index in [4.69, 9.17) is 19.9 Å². The van der Waals surface area contributed by atoms with Crippen molar-refractivity contribution in [2.24, 2.45) is 0 Å². The lowest BCUT2D eigenvalue weighted by molar-refractivity contribution is -0.161. The number of methoxy groups -OCH3 is 2. The van der Waals surface area contributed by atoms with E-state index < -0.39 is 11.6 Å². The van der Waals surface area contributed by atoms with Gasteiger partial charge in [0.2, 0.25) is 5.95 Å². The van der Waals surface area contributed by atoms with Crippen molar-refractivity contribution in [1.29, 1.82) is 0 Å². The third-order valence-corrected chi connectivity index (χ3v) is 5.62. The minimum Gasteiger partial charge on any atom is -0.494 e. The summed E-state index contributed by atoms with van der Waals surface area (Å²) in [4.78, 5) is 14.8. The summed E-state index contributed by atoms with van der Waals surface area (Å²) in [5, 5.41) is 0.556. The van der Waals surface area contributed by atoms with E-state index >= 15 is 8.78 Å². The number of nitrogens with zero attached hydrogens (tertiary/aromatic N) is 4. The minimum atomic E-state index is -0.868. The molecule has 0 aliphatic carbocycles. The summed E-state index contributed by atoms with van der Waals surface area (Å²) in [5.41, 5.74) is 5.84. The molecule has 8 nitrogen and oxygen atoms in total. The summed E-state index contributed by atoms with van der Waals surface area (Å²) in [6, 6.07) is 2.68. The second-order valence-corrected chi connectivity index (χ2v) is 7.42. The van der Waals surface area contributed by atoms with E-state index in [0.717, 1.165) is 19.1 Å². The predicted molar refractivity (Wildman–Crippen MR) is 106 cm³/mol. The van der Waals surface area contributed by atoms with Gasteiger partial charge in [-0.3, -0.25) is 0 Å². The molecule has 1 spiro atoms. The molecule has 2 saturated heterocycles. The maximum absolute atomic E-state index is 15.1. The first-order valence-corrected chi connectivity index (χ1v) is 9.37. The average molecular weight is 415 g/mol. The average Bonchev–Trinajstić information content (AvgIpc) is 2.66. The minimum absolute atomic E-state index is 0.0774. The first-order chi connectivity index (χ1) is 14.4. The summed E-state index contributed by atoms with van der Waals surface area (Å²) in [6.45, 7) is 1.97. The number of anilines is 2. The van der Waals surface area contributed by atoms with Gasteiger partial charge in [-0.25, -0.2) is 23.7 Å². The van der Waals surface area contributed by atoms with Crippen LogP contribution in [0.1, 0.15) is 6.42 Å². The molecule has 4 heterocycles. The van der Waals surface area contributed by atoms with Crippen LogP contribution in [0.25, 0.3) is 22.2 Å². The zero-order chi connectivity index (χ0) is 21.0. The van der Waals surface area contributed by atoms with E-state index in [2.05, 4.69) is 15.0 Å². The molecule has 2 fully saturated rings. The zero-order valence-corrected chi connectivity index (χ0v) is 16.4. The van der Waals surface area contributed by atoms with Crippen LogP contribution in [0.3, 0.4) is 0 Å². The molecule has 1 aromatic carbocycles. The fourth-order valence-corrected chi connectivity index (χ4v) is 3.93. The molecule has 0 atom stereocenters. The van der Waals surface area contributed by atoms with Gasteiger partial charge in [0, 0.05) is 24.1 Å². The lowest BCUT2D eigenvalue weighted by Gasteiger charge is -2.55. The molecule has 156 valence electrons. The van der Waals surface area contributed by atoms with Gasteiger partial charge in [0.05, 0.1) is 45.2 Å². The summed E-state index contributed by atoms with van der Waals surface area (Å²) >= 11 is 0. The number of hydrogen-bond donors (Lipinski definition) is 1. The molecule has 10 heteroatoms. The number of nitrogen functional groups attached to an aromatic ring is 1. The number of pyridine rings is 1. The topological polar surface area (TPSA) is 95.6 Å². The van der Waals surface area contributed by atoms with Crippen molar-refractivity contribution >= 4 is 22.7 Å². The van der Waals surface area contributed by atoms with Gasteiger partial charge in [0.1, 0.15) is 11.1 Å². The Bertz CT molecular complexity index is 1130. The summed E-state index contributed by atoms with van der Waals surface area (Å²) in [7, 11) is 2.60. The van der Waals surface area contributed by atoms with E-state index in [-0.39, 0.29) is 34.3 Å². The molecule has 0 saturated carbocycles. The van der Waals surface area contributed by atoms with Gasteiger partial charge in [0.25, 0.3) is 0 Å². The van der Waals surface area contributed by atoms with Crippen LogP contribution in [-0.2, 0) is 4.74 Å². The second-order valence-electron chi connectivity index (χ2n) is 7.42. The molecule has 5 rings (SSSR count). The summed E-state index contributed by atoms with van der Waals surface area (Å²) in [5.74, 6) is -1.47. The Morgan fingerprint density at radius 3 is 2.33 bits per heavy atom. The Morgan fingerprint density at radius 2 is 1.77 bits per heavy atom. The van der Waals surface area contributed by atoms with Crippen LogP contribution in [-0.4, -0.2) is 54.5 Å². The molecule has 0 bridgehead atoms. The molecule has 2 aliphatic rings. The van der Waals surface area contributed by atoms with Gasteiger partial charge in [-0.2, -0.15) is 0 Å². The zero-order valence-electron chi connectivity index (χ0n) is 16.4. The Kier molecular flexibility index (Phi) is 4.14. The molecule has 0 radical (unpaired) electrons. The lowest BCUT2D eigenvalue weighted by Crippen LogP contribution is -2.68. The van der Waals surface area contributed by atoms with Crippen molar-refractivity contribution in [2.45, 2.75) is 12.0 Å². The maximum atomic E-state index is 15.1. The van der Waals surface area contributed by atoms with Gasteiger partial charge in [-0.1, -0.05) is 0 Å². The molecule has 3 aromatic rings.